The highest BCUT2D eigenvalue weighted by molar-refractivity contribution is 5.93. The SMILES string of the molecule is CC(C)N(CCNC(=O)c1cccn1CC(=O)O)C(C)C. The molecule has 0 aromatic carbocycles. The van der Waals surface area contributed by atoms with Gasteiger partial charge in [-0.2, -0.15) is 0 Å². The Morgan fingerprint density at radius 3 is 2.43 bits per heavy atom. The molecule has 1 heterocycles. The van der Waals surface area contributed by atoms with Gasteiger partial charge >= 0.3 is 5.97 Å². The average molecular weight is 295 g/mol. The van der Waals surface area contributed by atoms with Crippen molar-refractivity contribution in [3.05, 3.63) is 24.0 Å². The largest absolute Gasteiger partial charge is 0.480 e. The van der Waals surface area contributed by atoms with E-state index >= 15 is 0 Å². The summed E-state index contributed by atoms with van der Waals surface area (Å²) in [7, 11) is 0. The molecule has 6 nitrogen and oxygen atoms in total. The third-order valence-corrected chi connectivity index (χ3v) is 3.35. The maximum Gasteiger partial charge on any atom is 0.323 e. The van der Waals surface area contributed by atoms with Crippen LogP contribution in [-0.4, -0.2) is 51.6 Å². The minimum absolute atomic E-state index is 0.208. The number of aliphatic carboxylic acids is 1. The molecule has 1 rings (SSSR count). The molecule has 0 radical (unpaired) electrons. The number of hydrogen-bond acceptors (Lipinski definition) is 3. The van der Waals surface area contributed by atoms with Crippen molar-refractivity contribution in [2.24, 2.45) is 0 Å². The van der Waals surface area contributed by atoms with E-state index in [1.807, 2.05) is 0 Å². The molecule has 0 saturated heterocycles. The molecule has 1 aromatic rings. The number of aromatic nitrogens is 1. The second-order valence-electron chi connectivity index (χ2n) is 5.60. The molecule has 0 saturated carbocycles. The van der Waals surface area contributed by atoms with E-state index in [0.29, 0.717) is 24.3 Å². The van der Waals surface area contributed by atoms with E-state index in [-0.39, 0.29) is 12.5 Å². The molecule has 0 atom stereocenters. The molecule has 0 aliphatic rings. The van der Waals surface area contributed by atoms with Crippen molar-refractivity contribution in [3.63, 3.8) is 0 Å². The van der Waals surface area contributed by atoms with Gasteiger partial charge in [-0.25, -0.2) is 0 Å². The van der Waals surface area contributed by atoms with Crippen molar-refractivity contribution >= 4 is 11.9 Å². The monoisotopic (exact) mass is 295 g/mol. The van der Waals surface area contributed by atoms with Crippen molar-refractivity contribution in [3.8, 4) is 0 Å². The number of rotatable bonds is 8. The van der Waals surface area contributed by atoms with E-state index in [0.717, 1.165) is 6.54 Å². The van der Waals surface area contributed by atoms with E-state index in [2.05, 4.69) is 37.9 Å². The maximum absolute atomic E-state index is 12.1. The number of nitrogens with one attached hydrogen (secondary N) is 1. The van der Waals surface area contributed by atoms with Gasteiger partial charge in [0.15, 0.2) is 0 Å². The summed E-state index contributed by atoms with van der Waals surface area (Å²) >= 11 is 0. The zero-order chi connectivity index (χ0) is 16.0. The van der Waals surface area contributed by atoms with Crippen LogP contribution in [0.4, 0.5) is 0 Å². The molecular weight excluding hydrogens is 270 g/mol. The lowest BCUT2D eigenvalue weighted by atomic mass is 10.2. The van der Waals surface area contributed by atoms with Crippen molar-refractivity contribution < 1.29 is 14.7 Å². The summed E-state index contributed by atoms with van der Waals surface area (Å²) < 4.78 is 1.43. The minimum Gasteiger partial charge on any atom is -0.480 e. The van der Waals surface area contributed by atoms with Crippen LogP contribution in [0.15, 0.2) is 18.3 Å². The van der Waals surface area contributed by atoms with Crippen LogP contribution in [0.25, 0.3) is 0 Å². The van der Waals surface area contributed by atoms with Gasteiger partial charge in [-0.3, -0.25) is 14.5 Å². The normalized spacial score (nSPS) is 11.4. The van der Waals surface area contributed by atoms with Crippen LogP contribution < -0.4 is 5.32 Å². The van der Waals surface area contributed by atoms with Gasteiger partial charge < -0.3 is 15.0 Å². The van der Waals surface area contributed by atoms with Crippen LogP contribution in [0.2, 0.25) is 0 Å². The average Bonchev–Trinajstić information content (AvgIpc) is 2.80. The van der Waals surface area contributed by atoms with Gasteiger partial charge in [0.25, 0.3) is 5.91 Å². The maximum atomic E-state index is 12.1. The minimum atomic E-state index is -0.967. The molecule has 0 bridgehead atoms. The Bertz CT molecular complexity index is 472. The first-order chi connectivity index (χ1) is 9.82. The molecule has 6 heteroatoms. The number of carboxylic acid groups (broad SMARTS) is 1. The third kappa shape index (κ3) is 5.23. The fourth-order valence-corrected chi connectivity index (χ4v) is 2.41. The molecule has 2 N–H and O–H groups in total. The van der Waals surface area contributed by atoms with Crippen molar-refractivity contribution in [2.45, 2.75) is 46.3 Å². The second-order valence-corrected chi connectivity index (χ2v) is 5.60. The lowest BCUT2D eigenvalue weighted by molar-refractivity contribution is -0.137. The van der Waals surface area contributed by atoms with E-state index in [1.165, 1.54) is 4.57 Å². The Labute approximate surface area is 125 Å². The van der Waals surface area contributed by atoms with Gasteiger partial charge in [-0.05, 0) is 39.8 Å². The summed E-state index contributed by atoms with van der Waals surface area (Å²) in [5.74, 6) is -1.21. The number of carbonyl (C=O) groups is 2. The predicted molar refractivity (Wildman–Crippen MR) is 81.4 cm³/mol. The van der Waals surface area contributed by atoms with E-state index in [9.17, 15) is 9.59 Å². The zero-order valence-corrected chi connectivity index (χ0v) is 13.2. The Morgan fingerprint density at radius 2 is 1.90 bits per heavy atom. The van der Waals surface area contributed by atoms with Crippen LogP contribution >= 0.6 is 0 Å². The van der Waals surface area contributed by atoms with Crippen LogP contribution in [0, 0.1) is 0 Å². The molecular formula is C15H25N3O3. The lowest BCUT2D eigenvalue weighted by Gasteiger charge is -2.30. The van der Waals surface area contributed by atoms with Gasteiger partial charge in [0.2, 0.25) is 0 Å². The van der Waals surface area contributed by atoms with E-state index in [1.54, 1.807) is 18.3 Å². The summed E-state index contributed by atoms with van der Waals surface area (Å²) in [5, 5.41) is 11.6. The van der Waals surface area contributed by atoms with Crippen molar-refractivity contribution in [1.29, 1.82) is 0 Å². The third-order valence-electron chi connectivity index (χ3n) is 3.35. The van der Waals surface area contributed by atoms with Gasteiger partial charge in [0, 0.05) is 31.4 Å². The predicted octanol–water partition coefficient (Wildman–Crippen LogP) is 1.42. The standard InChI is InChI=1S/C15H25N3O3/c1-11(2)18(12(3)4)9-7-16-15(21)13-6-5-8-17(13)10-14(19)20/h5-6,8,11-12H,7,9-10H2,1-4H3,(H,16,21)(H,19,20). The fraction of sp³-hybridized carbons (Fsp3) is 0.600. The van der Waals surface area contributed by atoms with Crippen molar-refractivity contribution in [2.75, 3.05) is 13.1 Å². The highest BCUT2D eigenvalue weighted by Gasteiger charge is 2.15. The molecule has 0 aliphatic carbocycles. The van der Waals surface area contributed by atoms with Crippen molar-refractivity contribution in [1.82, 2.24) is 14.8 Å². The zero-order valence-electron chi connectivity index (χ0n) is 13.2. The number of nitrogens with zero attached hydrogens (tertiary/aromatic N) is 2. The van der Waals surface area contributed by atoms with Gasteiger partial charge in [-0.15, -0.1) is 0 Å². The first-order valence-corrected chi connectivity index (χ1v) is 7.23. The smallest absolute Gasteiger partial charge is 0.323 e. The molecule has 21 heavy (non-hydrogen) atoms. The van der Waals surface area contributed by atoms with Gasteiger partial charge in [0.1, 0.15) is 12.2 Å². The first-order valence-electron chi connectivity index (χ1n) is 7.23. The second kappa shape index (κ2) is 7.83. The summed E-state index contributed by atoms with van der Waals surface area (Å²) in [6.45, 7) is 9.59. The van der Waals surface area contributed by atoms with Gasteiger partial charge in [-0.1, -0.05) is 0 Å². The van der Waals surface area contributed by atoms with Crippen LogP contribution in [0.3, 0.4) is 0 Å². The van der Waals surface area contributed by atoms with Crippen LogP contribution in [0.5, 0.6) is 0 Å². The summed E-state index contributed by atoms with van der Waals surface area (Å²) in [5.41, 5.74) is 0.373. The summed E-state index contributed by atoms with van der Waals surface area (Å²) in [4.78, 5) is 25.1. The van der Waals surface area contributed by atoms with Gasteiger partial charge in [0.05, 0.1) is 0 Å². The first kappa shape index (κ1) is 17.2. The number of carboxylic acids is 1. The Morgan fingerprint density at radius 1 is 1.29 bits per heavy atom. The molecule has 118 valence electrons. The molecule has 0 spiro atoms. The fourth-order valence-electron chi connectivity index (χ4n) is 2.41. The summed E-state index contributed by atoms with van der Waals surface area (Å²) in [6, 6.07) is 4.13. The lowest BCUT2D eigenvalue weighted by Crippen LogP contribution is -2.42. The molecule has 0 unspecified atom stereocenters. The highest BCUT2D eigenvalue weighted by Crippen LogP contribution is 2.05. The van der Waals surface area contributed by atoms with E-state index < -0.39 is 5.97 Å². The van der Waals surface area contributed by atoms with E-state index in [4.69, 9.17) is 5.11 Å². The molecule has 0 aliphatic heterocycles. The summed E-state index contributed by atoms with van der Waals surface area (Å²) in [6.07, 6.45) is 1.59. The quantitative estimate of drug-likeness (QED) is 0.760. The number of carbonyl (C=O) groups excluding carboxylic acids is 1. The number of amides is 1. The Balaban J connectivity index is 2.54. The molecule has 0 fully saturated rings. The molecule has 1 aromatic heterocycles. The topological polar surface area (TPSA) is 74.6 Å². The highest BCUT2D eigenvalue weighted by atomic mass is 16.4. The van der Waals surface area contributed by atoms with Crippen LogP contribution in [-0.2, 0) is 11.3 Å². The molecule has 1 amide bonds. The Hall–Kier alpha value is -1.82. The van der Waals surface area contributed by atoms with Crippen LogP contribution in [0.1, 0.15) is 38.2 Å². The number of hydrogen-bond donors (Lipinski definition) is 2. The Kier molecular flexibility index (Phi) is 6.42.